The van der Waals surface area contributed by atoms with E-state index >= 15 is 0 Å². The first-order valence-corrected chi connectivity index (χ1v) is 12.1. The van der Waals surface area contributed by atoms with E-state index in [-0.39, 0.29) is 36.9 Å². The SMILES string of the molecule is Cc1cc(C)c(S(=O)(=O)N2CCC(C(=O)Nc3cc(C(F)(F)F)cc(C(F)(F)F)c3)CC2)c(C)c1. The summed E-state index contributed by atoms with van der Waals surface area (Å²) in [6, 6.07) is 4.37. The summed E-state index contributed by atoms with van der Waals surface area (Å²) in [5.41, 5.74) is -1.60. The van der Waals surface area contributed by atoms with E-state index in [1.807, 2.05) is 6.92 Å². The van der Waals surface area contributed by atoms with Crippen molar-refractivity contribution in [2.24, 2.45) is 5.92 Å². The topological polar surface area (TPSA) is 66.5 Å². The number of hydrogen-bond donors (Lipinski definition) is 1. The van der Waals surface area contributed by atoms with Crippen molar-refractivity contribution in [1.29, 1.82) is 0 Å². The number of amides is 1. The highest BCUT2D eigenvalue weighted by Gasteiger charge is 2.38. The summed E-state index contributed by atoms with van der Waals surface area (Å²) in [7, 11) is -3.84. The molecule has 1 aliphatic heterocycles. The van der Waals surface area contributed by atoms with Gasteiger partial charge in [0.1, 0.15) is 0 Å². The lowest BCUT2D eigenvalue weighted by Crippen LogP contribution is -2.41. The third kappa shape index (κ3) is 5.97. The quantitative estimate of drug-likeness (QED) is 0.525. The Morgan fingerprint density at radius 3 is 1.74 bits per heavy atom. The van der Waals surface area contributed by atoms with E-state index in [0.29, 0.717) is 23.3 Å². The summed E-state index contributed by atoms with van der Waals surface area (Å²) in [6.07, 6.45) is -9.93. The molecule has 2 aromatic rings. The first kappa shape index (κ1) is 27.0. The van der Waals surface area contributed by atoms with Crippen LogP contribution in [0.5, 0.6) is 0 Å². The summed E-state index contributed by atoms with van der Waals surface area (Å²) in [5.74, 6) is -1.54. The van der Waals surface area contributed by atoms with Gasteiger partial charge in [0.05, 0.1) is 16.0 Å². The number of carbonyl (C=O) groups is 1. The molecule has 1 amide bonds. The second kappa shape index (κ2) is 9.45. The fourth-order valence-electron chi connectivity index (χ4n) is 4.33. The predicted octanol–water partition coefficient (Wildman–Crippen LogP) is 5.69. The number of alkyl halides is 6. The lowest BCUT2D eigenvalue weighted by atomic mass is 9.97. The molecule has 0 radical (unpaired) electrons. The minimum atomic E-state index is -5.04. The summed E-state index contributed by atoms with van der Waals surface area (Å²) >= 11 is 0. The van der Waals surface area contributed by atoms with Gasteiger partial charge in [0.25, 0.3) is 0 Å². The molecule has 1 saturated heterocycles. The van der Waals surface area contributed by atoms with Crippen LogP contribution >= 0.6 is 0 Å². The Morgan fingerprint density at radius 2 is 1.31 bits per heavy atom. The number of nitrogens with zero attached hydrogens (tertiary/aromatic N) is 1. The highest BCUT2D eigenvalue weighted by molar-refractivity contribution is 7.89. The first-order valence-electron chi connectivity index (χ1n) is 10.7. The monoisotopic (exact) mass is 522 g/mol. The number of rotatable bonds is 4. The molecule has 1 aliphatic rings. The molecule has 1 N–H and O–H groups in total. The van der Waals surface area contributed by atoms with Gasteiger partial charge in [0.15, 0.2) is 0 Å². The van der Waals surface area contributed by atoms with Gasteiger partial charge in [-0.25, -0.2) is 8.42 Å². The number of anilines is 1. The number of aryl methyl sites for hydroxylation is 3. The molecule has 3 rings (SSSR count). The Bertz CT molecular complexity index is 1180. The van der Waals surface area contributed by atoms with E-state index in [0.717, 1.165) is 5.56 Å². The molecule has 12 heteroatoms. The largest absolute Gasteiger partial charge is 0.416 e. The highest BCUT2D eigenvalue weighted by atomic mass is 32.2. The Morgan fingerprint density at radius 1 is 0.857 bits per heavy atom. The fourth-order valence-corrected chi connectivity index (χ4v) is 6.21. The van der Waals surface area contributed by atoms with Crippen molar-refractivity contribution >= 4 is 21.6 Å². The molecule has 1 fully saturated rings. The van der Waals surface area contributed by atoms with E-state index in [1.165, 1.54) is 4.31 Å². The lowest BCUT2D eigenvalue weighted by molar-refractivity contribution is -0.143. The molecule has 0 atom stereocenters. The predicted molar refractivity (Wildman–Crippen MR) is 117 cm³/mol. The molecule has 0 aliphatic carbocycles. The van der Waals surface area contributed by atoms with E-state index in [9.17, 15) is 39.6 Å². The van der Waals surface area contributed by atoms with Crippen molar-refractivity contribution in [3.63, 3.8) is 0 Å². The highest BCUT2D eigenvalue weighted by Crippen LogP contribution is 2.38. The van der Waals surface area contributed by atoms with Gasteiger partial charge in [-0.05, 0) is 62.9 Å². The Hall–Kier alpha value is -2.60. The van der Waals surface area contributed by atoms with E-state index < -0.39 is 51.0 Å². The van der Waals surface area contributed by atoms with Crippen LogP contribution < -0.4 is 5.32 Å². The van der Waals surface area contributed by atoms with E-state index in [4.69, 9.17) is 0 Å². The second-order valence-corrected chi connectivity index (χ2v) is 10.6. The maximum Gasteiger partial charge on any atom is 0.416 e. The fraction of sp³-hybridized carbons (Fsp3) is 0.435. The maximum absolute atomic E-state index is 13.2. The van der Waals surface area contributed by atoms with Crippen LogP contribution in [0.3, 0.4) is 0 Å². The van der Waals surface area contributed by atoms with E-state index in [1.54, 1.807) is 26.0 Å². The maximum atomic E-state index is 13.2. The average Bonchev–Trinajstić information content (AvgIpc) is 2.71. The Kier molecular flexibility index (Phi) is 7.29. The van der Waals surface area contributed by atoms with Crippen LogP contribution in [0.4, 0.5) is 32.0 Å². The molecule has 5 nitrogen and oxygen atoms in total. The summed E-state index contributed by atoms with van der Waals surface area (Å²) in [4.78, 5) is 12.8. The Labute approximate surface area is 199 Å². The van der Waals surface area contributed by atoms with Crippen LogP contribution in [-0.2, 0) is 27.2 Å². The molecule has 2 aromatic carbocycles. The van der Waals surface area contributed by atoms with Crippen molar-refractivity contribution < 1.29 is 39.6 Å². The number of sulfonamides is 1. The minimum absolute atomic E-state index is 0.0103. The lowest BCUT2D eigenvalue weighted by Gasteiger charge is -2.31. The molecule has 0 aromatic heterocycles. The normalized spacial score (nSPS) is 16.4. The minimum Gasteiger partial charge on any atom is -0.326 e. The molecule has 0 spiro atoms. The molecule has 1 heterocycles. The first-order chi connectivity index (χ1) is 16.0. The number of nitrogens with one attached hydrogen (secondary N) is 1. The van der Waals surface area contributed by atoms with Gasteiger partial charge in [-0.1, -0.05) is 17.7 Å². The summed E-state index contributed by atoms with van der Waals surface area (Å²) in [5, 5.41) is 2.14. The summed E-state index contributed by atoms with van der Waals surface area (Å²) in [6.45, 7) is 5.21. The van der Waals surface area contributed by atoms with Crippen LogP contribution in [0.25, 0.3) is 0 Å². The van der Waals surface area contributed by atoms with Crippen LogP contribution in [0.1, 0.15) is 40.7 Å². The Balaban J connectivity index is 1.75. The zero-order valence-electron chi connectivity index (χ0n) is 19.1. The average molecular weight is 523 g/mol. The number of halogens is 6. The van der Waals surface area contributed by atoms with Crippen LogP contribution in [0.15, 0.2) is 35.2 Å². The van der Waals surface area contributed by atoms with Crippen molar-refractivity contribution in [2.75, 3.05) is 18.4 Å². The number of piperidine rings is 1. The molecule has 35 heavy (non-hydrogen) atoms. The zero-order valence-corrected chi connectivity index (χ0v) is 20.0. The van der Waals surface area contributed by atoms with Crippen molar-refractivity contribution in [2.45, 2.75) is 50.9 Å². The van der Waals surface area contributed by atoms with Crippen molar-refractivity contribution in [3.8, 4) is 0 Å². The second-order valence-electron chi connectivity index (χ2n) is 8.69. The van der Waals surface area contributed by atoms with Gasteiger partial charge >= 0.3 is 12.4 Å². The third-order valence-electron chi connectivity index (χ3n) is 5.88. The number of hydrogen-bond acceptors (Lipinski definition) is 3. The van der Waals surface area contributed by atoms with Gasteiger partial charge in [-0.3, -0.25) is 4.79 Å². The molecule has 0 unspecified atom stereocenters. The van der Waals surface area contributed by atoms with Gasteiger partial charge in [-0.2, -0.15) is 30.6 Å². The van der Waals surface area contributed by atoms with Crippen molar-refractivity contribution in [3.05, 3.63) is 58.1 Å². The number of carbonyl (C=O) groups excluding carboxylic acids is 1. The third-order valence-corrected chi connectivity index (χ3v) is 8.09. The molecule has 0 saturated carbocycles. The smallest absolute Gasteiger partial charge is 0.326 e. The van der Waals surface area contributed by atoms with Crippen molar-refractivity contribution in [1.82, 2.24) is 4.31 Å². The van der Waals surface area contributed by atoms with Gasteiger partial charge in [-0.15, -0.1) is 0 Å². The summed E-state index contributed by atoms with van der Waals surface area (Å²) < 4.78 is 106. The van der Waals surface area contributed by atoms with E-state index in [2.05, 4.69) is 5.32 Å². The molecule has 0 bridgehead atoms. The van der Waals surface area contributed by atoms with Gasteiger partial charge in [0.2, 0.25) is 15.9 Å². The van der Waals surface area contributed by atoms with Gasteiger partial charge < -0.3 is 5.32 Å². The zero-order chi connectivity index (χ0) is 26.3. The molecular formula is C23H24F6N2O3S. The number of benzene rings is 2. The molecular weight excluding hydrogens is 498 g/mol. The van der Waals surface area contributed by atoms with Gasteiger partial charge in [0, 0.05) is 24.7 Å². The standard InChI is InChI=1S/C23H24F6N2O3S/c1-13-8-14(2)20(15(3)9-13)35(33,34)31-6-4-16(5-7-31)21(32)30-19-11-17(22(24,25)26)10-18(12-19)23(27,28)29/h8-12,16H,4-7H2,1-3H3,(H,30,32). The van der Waals surface area contributed by atoms with Crippen LogP contribution in [0, 0.1) is 26.7 Å². The van der Waals surface area contributed by atoms with Crippen LogP contribution in [-0.4, -0.2) is 31.7 Å². The molecule has 192 valence electrons. The van der Waals surface area contributed by atoms with Crippen LogP contribution in [0.2, 0.25) is 0 Å².